The van der Waals surface area contributed by atoms with Crippen LogP contribution in [0.25, 0.3) is 6.08 Å². The number of nitro benzene ring substituents is 1. The number of nitrogens with zero attached hydrogens (tertiary/aromatic N) is 1. The van der Waals surface area contributed by atoms with Gasteiger partial charge in [0.15, 0.2) is 17.6 Å². The van der Waals surface area contributed by atoms with Crippen LogP contribution < -0.4 is 14.8 Å². The number of carbonyl (C=O) groups is 2. The predicted molar refractivity (Wildman–Crippen MR) is 100.0 cm³/mol. The third-order valence-electron chi connectivity index (χ3n) is 3.80. The van der Waals surface area contributed by atoms with Crippen LogP contribution in [0.1, 0.15) is 17.4 Å². The minimum atomic E-state index is -1.01. The van der Waals surface area contributed by atoms with Crippen LogP contribution in [-0.4, -0.2) is 29.7 Å². The molecule has 2 aromatic rings. The summed E-state index contributed by atoms with van der Waals surface area (Å²) in [4.78, 5) is 35.6. The molecule has 10 heteroatoms. The van der Waals surface area contributed by atoms with Crippen LogP contribution in [0, 0.1) is 10.1 Å². The highest BCUT2D eigenvalue weighted by atomic mass is 32.1. The second-order valence-electron chi connectivity index (χ2n) is 5.73. The van der Waals surface area contributed by atoms with Crippen molar-refractivity contribution in [3.63, 3.8) is 0 Å². The topological polar surface area (TPSA) is 117 Å². The Hall–Kier alpha value is -3.40. The summed E-state index contributed by atoms with van der Waals surface area (Å²) in [7, 11) is 0. The van der Waals surface area contributed by atoms with Gasteiger partial charge in [-0.25, -0.2) is 4.79 Å². The van der Waals surface area contributed by atoms with Gasteiger partial charge in [-0.3, -0.25) is 14.9 Å². The second kappa shape index (κ2) is 8.53. The smallest absolute Gasteiger partial charge is 0.331 e. The Morgan fingerprint density at radius 1 is 1.39 bits per heavy atom. The number of nitrogens with one attached hydrogen (secondary N) is 1. The summed E-state index contributed by atoms with van der Waals surface area (Å²) in [6.45, 7) is 1.76. The number of hydrogen-bond donors (Lipinski definition) is 1. The van der Waals surface area contributed by atoms with E-state index in [4.69, 9.17) is 14.2 Å². The SMILES string of the molecule is C[C@H](OC(=O)/C=C/c1cc2c(cc1[N+](=O)[O-])OCO2)C(=O)NCc1cccs1. The molecule has 28 heavy (non-hydrogen) atoms. The molecule has 1 amide bonds. The molecule has 0 spiro atoms. The number of amides is 1. The van der Waals surface area contributed by atoms with Crippen molar-refractivity contribution in [1.82, 2.24) is 5.32 Å². The Labute approximate surface area is 163 Å². The lowest BCUT2D eigenvalue weighted by Crippen LogP contribution is -2.34. The molecule has 146 valence electrons. The monoisotopic (exact) mass is 404 g/mol. The molecule has 0 aliphatic carbocycles. The summed E-state index contributed by atoms with van der Waals surface area (Å²) in [6.07, 6.45) is 1.25. The number of thiophene rings is 1. The van der Waals surface area contributed by atoms with Gasteiger partial charge in [0.1, 0.15) is 0 Å². The minimum absolute atomic E-state index is 0.0280. The largest absolute Gasteiger partial charge is 0.454 e. The number of esters is 1. The Morgan fingerprint density at radius 3 is 2.82 bits per heavy atom. The van der Waals surface area contributed by atoms with Crippen molar-refractivity contribution in [1.29, 1.82) is 0 Å². The van der Waals surface area contributed by atoms with Crippen LogP contribution in [0.4, 0.5) is 5.69 Å². The lowest BCUT2D eigenvalue weighted by molar-refractivity contribution is -0.385. The highest BCUT2D eigenvalue weighted by Crippen LogP contribution is 2.38. The van der Waals surface area contributed by atoms with Gasteiger partial charge in [-0.05, 0) is 30.5 Å². The fourth-order valence-corrected chi connectivity index (χ4v) is 3.04. The van der Waals surface area contributed by atoms with Crippen LogP contribution in [0.15, 0.2) is 35.7 Å². The molecule has 1 N–H and O–H groups in total. The Balaban J connectivity index is 1.60. The van der Waals surface area contributed by atoms with E-state index in [1.165, 1.54) is 36.5 Å². The molecule has 1 atom stereocenters. The van der Waals surface area contributed by atoms with Gasteiger partial charge in [-0.2, -0.15) is 0 Å². The molecule has 2 heterocycles. The van der Waals surface area contributed by atoms with Gasteiger partial charge in [0, 0.05) is 11.0 Å². The predicted octanol–water partition coefficient (Wildman–Crippen LogP) is 2.65. The van der Waals surface area contributed by atoms with E-state index in [1.54, 1.807) is 0 Å². The number of fused-ring (bicyclic) bond motifs is 1. The number of ether oxygens (including phenoxy) is 3. The van der Waals surface area contributed by atoms with Crippen molar-refractivity contribution in [2.75, 3.05) is 6.79 Å². The van der Waals surface area contributed by atoms with Crippen molar-refractivity contribution in [3.8, 4) is 11.5 Å². The van der Waals surface area contributed by atoms with Gasteiger partial charge in [0.05, 0.1) is 23.1 Å². The number of nitro groups is 1. The zero-order chi connectivity index (χ0) is 20.1. The Kier molecular flexibility index (Phi) is 5.90. The first-order chi connectivity index (χ1) is 13.4. The minimum Gasteiger partial charge on any atom is -0.454 e. The zero-order valence-electron chi connectivity index (χ0n) is 14.7. The van der Waals surface area contributed by atoms with Crippen molar-refractivity contribution in [2.24, 2.45) is 0 Å². The van der Waals surface area contributed by atoms with Crippen LogP contribution in [0.5, 0.6) is 11.5 Å². The van der Waals surface area contributed by atoms with Crippen molar-refractivity contribution in [2.45, 2.75) is 19.6 Å². The van der Waals surface area contributed by atoms with Crippen LogP contribution in [0.3, 0.4) is 0 Å². The second-order valence-corrected chi connectivity index (χ2v) is 6.76. The first-order valence-electron chi connectivity index (χ1n) is 8.21. The first kappa shape index (κ1) is 19.4. The molecule has 3 rings (SSSR count). The zero-order valence-corrected chi connectivity index (χ0v) is 15.6. The molecule has 1 aliphatic rings. The normalized spacial score (nSPS) is 13.3. The molecule has 1 aromatic heterocycles. The lowest BCUT2D eigenvalue weighted by atomic mass is 10.1. The number of rotatable bonds is 7. The molecular weight excluding hydrogens is 388 g/mol. The van der Waals surface area contributed by atoms with E-state index in [1.807, 2.05) is 17.5 Å². The van der Waals surface area contributed by atoms with Gasteiger partial charge in [-0.1, -0.05) is 6.07 Å². The van der Waals surface area contributed by atoms with Gasteiger partial charge in [0.2, 0.25) is 6.79 Å². The summed E-state index contributed by atoms with van der Waals surface area (Å²) >= 11 is 1.50. The molecule has 9 nitrogen and oxygen atoms in total. The Morgan fingerprint density at radius 2 is 2.14 bits per heavy atom. The van der Waals surface area contributed by atoms with Crippen molar-refractivity contribution in [3.05, 3.63) is 56.3 Å². The highest BCUT2D eigenvalue weighted by Gasteiger charge is 2.22. The third-order valence-corrected chi connectivity index (χ3v) is 4.67. The van der Waals surface area contributed by atoms with Crippen LogP contribution in [0.2, 0.25) is 0 Å². The van der Waals surface area contributed by atoms with Crippen molar-refractivity contribution < 1.29 is 28.7 Å². The van der Waals surface area contributed by atoms with E-state index in [0.29, 0.717) is 12.3 Å². The quantitative estimate of drug-likeness (QED) is 0.326. The van der Waals surface area contributed by atoms with Crippen LogP contribution >= 0.6 is 11.3 Å². The van der Waals surface area contributed by atoms with Crippen molar-refractivity contribution >= 4 is 35.0 Å². The molecular formula is C18H16N2O7S. The molecule has 0 fully saturated rings. The number of hydrogen-bond acceptors (Lipinski definition) is 8. The molecule has 0 saturated heterocycles. The van der Waals surface area contributed by atoms with E-state index in [9.17, 15) is 19.7 Å². The summed E-state index contributed by atoms with van der Waals surface area (Å²) in [5.74, 6) is -0.627. The molecule has 0 saturated carbocycles. The van der Waals surface area contributed by atoms with Crippen LogP contribution in [-0.2, 0) is 20.9 Å². The fraction of sp³-hybridized carbons (Fsp3) is 0.222. The van der Waals surface area contributed by atoms with Gasteiger partial charge in [-0.15, -0.1) is 11.3 Å². The van der Waals surface area contributed by atoms with Gasteiger partial charge in [0.25, 0.3) is 11.6 Å². The summed E-state index contributed by atoms with van der Waals surface area (Å²) in [5, 5.41) is 15.8. The molecule has 0 radical (unpaired) electrons. The fourth-order valence-electron chi connectivity index (χ4n) is 2.39. The van der Waals surface area contributed by atoms with E-state index >= 15 is 0 Å². The number of carbonyl (C=O) groups excluding carboxylic acids is 2. The summed E-state index contributed by atoms with van der Waals surface area (Å²) in [5.41, 5.74) is -0.0870. The maximum atomic E-state index is 12.0. The highest BCUT2D eigenvalue weighted by molar-refractivity contribution is 7.09. The van der Waals surface area contributed by atoms with E-state index in [2.05, 4.69) is 5.32 Å². The standard InChI is InChI=1S/C18H16N2O7S/c1-11(18(22)19-9-13-3-2-6-28-13)27-17(21)5-4-12-7-15-16(26-10-25-15)8-14(12)20(23)24/h2-8,11H,9-10H2,1H3,(H,19,22)/b5-4+/t11-/m0/s1. The maximum Gasteiger partial charge on any atom is 0.331 e. The average molecular weight is 404 g/mol. The molecule has 1 aromatic carbocycles. The van der Waals surface area contributed by atoms with E-state index in [0.717, 1.165) is 11.0 Å². The Bertz CT molecular complexity index is 924. The van der Waals surface area contributed by atoms with Gasteiger partial charge >= 0.3 is 5.97 Å². The molecule has 1 aliphatic heterocycles. The average Bonchev–Trinajstić information content (AvgIpc) is 3.34. The first-order valence-corrected chi connectivity index (χ1v) is 9.09. The molecule has 0 bridgehead atoms. The van der Waals surface area contributed by atoms with E-state index in [-0.39, 0.29) is 23.8 Å². The number of benzene rings is 1. The lowest BCUT2D eigenvalue weighted by Gasteiger charge is -2.11. The van der Waals surface area contributed by atoms with Gasteiger partial charge < -0.3 is 19.5 Å². The third kappa shape index (κ3) is 4.65. The maximum absolute atomic E-state index is 12.0. The van der Waals surface area contributed by atoms with E-state index < -0.39 is 22.9 Å². The molecule has 0 unspecified atom stereocenters. The summed E-state index contributed by atoms with van der Waals surface area (Å²) < 4.78 is 15.3. The summed E-state index contributed by atoms with van der Waals surface area (Å²) in [6, 6.07) is 6.38.